The number of amides is 1. The molecule has 1 saturated heterocycles. The fourth-order valence-electron chi connectivity index (χ4n) is 4.90. The summed E-state index contributed by atoms with van der Waals surface area (Å²) in [7, 11) is -3.30. The molecule has 1 aliphatic heterocycles. The van der Waals surface area contributed by atoms with E-state index in [2.05, 4.69) is 15.3 Å². The molecule has 3 aliphatic rings. The molecular weight excluding hydrogens is 466 g/mol. The summed E-state index contributed by atoms with van der Waals surface area (Å²) in [5.74, 6) is 0.392. The lowest BCUT2D eigenvalue weighted by molar-refractivity contribution is -0.118. The van der Waals surface area contributed by atoms with Crippen molar-refractivity contribution in [1.82, 2.24) is 9.97 Å². The molecule has 5 rings (SSSR count). The third kappa shape index (κ3) is 5.73. The summed E-state index contributed by atoms with van der Waals surface area (Å²) in [4.78, 5) is 22.5. The van der Waals surface area contributed by atoms with E-state index in [-0.39, 0.29) is 23.7 Å². The zero-order valence-corrected chi connectivity index (χ0v) is 20.7. The molecule has 35 heavy (non-hydrogen) atoms. The molecule has 1 atom stereocenters. The molecule has 0 radical (unpaired) electrons. The Balaban J connectivity index is 1.43. The van der Waals surface area contributed by atoms with Gasteiger partial charge < -0.3 is 15.2 Å². The maximum absolute atomic E-state index is 13.5. The molecule has 8 nitrogen and oxygen atoms in total. The van der Waals surface area contributed by atoms with Crippen LogP contribution in [-0.4, -0.2) is 54.5 Å². The summed E-state index contributed by atoms with van der Waals surface area (Å²) in [5, 5.41) is 11.7. The summed E-state index contributed by atoms with van der Waals surface area (Å²) in [6.45, 7) is 1.38. The number of aliphatic hydroxyl groups is 1. The van der Waals surface area contributed by atoms with Crippen molar-refractivity contribution in [2.24, 2.45) is 5.92 Å². The number of anilines is 1. The van der Waals surface area contributed by atoms with Gasteiger partial charge in [-0.25, -0.2) is 13.4 Å². The third-order valence-corrected chi connectivity index (χ3v) is 9.61. The van der Waals surface area contributed by atoms with Crippen molar-refractivity contribution < 1.29 is 23.1 Å². The van der Waals surface area contributed by atoms with Crippen LogP contribution in [0.15, 0.2) is 35.5 Å². The first-order valence-electron chi connectivity index (χ1n) is 12.6. The van der Waals surface area contributed by atoms with E-state index in [9.17, 15) is 13.2 Å². The van der Waals surface area contributed by atoms with E-state index in [1.807, 2.05) is 12.1 Å². The second-order valence-corrected chi connectivity index (χ2v) is 12.2. The van der Waals surface area contributed by atoms with Crippen LogP contribution < -0.4 is 5.32 Å². The van der Waals surface area contributed by atoms with Crippen LogP contribution in [0, 0.1) is 5.92 Å². The van der Waals surface area contributed by atoms with E-state index >= 15 is 0 Å². The Bertz CT molecular complexity index is 1150. The zero-order chi connectivity index (χ0) is 24.4. The maximum Gasteiger partial charge on any atom is 0.233 e. The van der Waals surface area contributed by atoms with Gasteiger partial charge in [-0.2, -0.15) is 0 Å². The molecule has 2 heterocycles. The number of nitrogens with zero attached hydrogens (tertiary/aromatic N) is 2. The average molecular weight is 500 g/mol. The molecule has 1 aromatic heterocycles. The molecule has 3 fully saturated rings. The van der Waals surface area contributed by atoms with Crippen molar-refractivity contribution in [2.45, 2.75) is 73.3 Å². The predicted molar refractivity (Wildman–Crippen MR) is 131 cm³/mol. The molecule has 1 aromatic carbocycles. The highest BCUT2D eigenvalue weighted by Crippen LogP contribution is 2.46. The number of ether oxygens (including phenoxy) is 1. The molecular formula is C26H33N3O5S. The van der Waals surface area contributed by atoms with Gasteiger partial charge in [-0.05, 0) is 74.0 Å². The predicted octanol–water partition coefficient (Wildman–Crippen LogP) is 3.36. The summed E-state index contributed by atoms with van der Waals surface area (Å²) in [6.07, 6.45) is 9.41. The average Bonchev–Trinajstić information content (AvgIpc) is 3.77. The highest BCUT2D eigenvalue weighted by molar-refractivity contribution is 7.92. The minimum Gasteiger partial charge on any atom is -0.396 e. The van der Waals surface area contributed by atoms with Gasteiger partial charge in [0.2, 0.25) is 5.91 Å². The highest BCUT2D eigenvalue weighted by atomic mass is 32.2. The van der Waals surface area contributed by atoms with Crippen molar-refractivity contribution >= 4 is 21.6 Å². The van der Waals surface area contributed by atoms with Gasteiger partial charge >= 0.3 is 0 Å². The lowest BCUT2D eigenvalue weighted by Gasteiger charge is -2.27. The number of nitrogens with one attached hydrogen (secondary N) is 1. The van der Waals surface area contributed by atoms with E-state index in [0.29, 0.717) is 48.4 Å². The van der Waals surface area contributed by atoms with Crippen molar-refractivity contribution in [3.05, 3.63) is 47.4 Å². The minimum absolute atomic E-state index is 0.0106. The number of rotatable bonds is 10. The van der Waals surface area contributed by atoms with Gasteiger partial charge in [-0.3, -0.25) is 9.78 Å². The van der Waals surface area contributed by atoms with Crippen LogP contribution in [0.2, 0.25) is 0 Å². The van der Waals surface area contributed by atoms with Crippen molar-refractivity contribution in [1.29, 1.82) is 0 Å². The van der Waals surface area contributed by atoms with Crippen LogP contribution in [0.3, 0.4) is 0 Å². The van der Waals surface area contributed by atoms with E-state index in [4.69, 9.17) is 9.84 Å². The Morgan fingerprint density at radius 2 is 1.86 bits per heavy atom. The van der Waals surface area contributed by atoms with Crippen LogP contribution in [0.1, 0.15) is 73.6 Å². The standard InChI is InChI=1S/C26H33N3O5S/c30-10-7-20-15-28-25(16-27-20)29-26(31)23(13-17-8-11-34-12-9-17)19-3-6-24(22(14-19)18-1-2-18)35(32,33)21-4-5-21/h3,6,14-18,21,23,30H,1-2,4-5,7-13H2,(H,28,29,31)/t23-/m1/s1. The van der Waals surface area contributed by atoms with Crippen molar-refractivity contribution in [3.63, 3.8) is 0 Å². The molecule has 0 unspecified atom stereocenters. The zero-order valence-electron chi connectivity index (χ0n) is 19.9. The molecule has 1 amide bonds. The van der Waals surface area contributed by atoms with Crippen LogP contribution in [-0.2, 0) is 25.8 Å². The lowest BCUT2D eigenvalue weighted by Crippen LogP contribution is -2.26. The Morgan fingerprint density at radius 1 is 1.09 bits per heavy atom. The van der Waals surface area contributed by atoms with Crippen LogP contribution in [0.25, 0.3) is 0 Å². The molecule has 2 saturated carbocycles. The molecule has 0 bridgehead atoms. The topological polar surface area (TPSA) is 118 Å². The van der Waals surface area contributed by atoms with E-state index < -0.39 is 15.8 Å². The quantitative estimate of drug-likeness (QED) is 0.514. The number of carbonyl (C=O) groups is 1. The monoisotopic (exact) mass is 499 g/mol. The van der Waals surface area contributed by atoms with Crippen LogP contribution in [0.4, 0.5) is 5.82 Å². The van der Waals surface area contributed by atoms with Crippen LogP contribution in [0.5, 0.6) is 0 Å². The number of sulfone groups is 1. The van der Waals surface area contributed by atoms with Crippen molar-refractivity contribution in [2.75, 3.05) is 25.1 Å². The van der Waals surface area contributed by atoms with Gasteiger partial charge in [0.25, 0.3) is 0 Å². The fourth-order valence-corrected chi connectivity index (χ4v) is 6.83. The van der Waals surface area contributed by atoms with Gasteiger partial charge in [0.05, 0.1) is 34.2 Å². The molecule has 0 spiro atoms. The largest absolute Gasteiger partial charge is 0.396 e. The number of hydrogen-bond acceptors (Lipinski definition) is 7. The molecule has 9 heteroatoms. The highest BCUT2D eigenvalue weighted by Gasteiger charge is 2.41. The third-order valence-electron chi connectivity index (χ3n) is 7.27. The normalized spacial score (nSPS) is 19.9. The Labute approximate surface area is 206 Å². The molecule has 188 valence electrons. The Morgan fingerprint density at radius 3 is 2.49 bits per heavy atom. The number of benzene rings is 1. The minimum atomic E-state index is -3.30. The number of carbonyl (C=O) groups excluding carboxylic acids is 1. The first kappa shape index (κ1) is 24.3. The number of hydrogen-bond donors (Lipinski definition) is 2. The van der Waals surface area contributed by atoms with Gasteiger partial charge in [-0.1, -0.05) is 12.1 Å². The van der Waals surface area contributed by atoms with Gasteiger partial charge in [0.1, 0.15) is 0 Å². The number of aromatic nitrogens is 2. The van der Waals surface area contributed by atoms with Gasteiger partial charge in [0, 0.05) is 26.2 Å². The first-order valence-corrected chi connectivity index (χ1v) is 14.2. The molecule has 2 aromatic rings. The summed E-state index contributed by atoms with van der Waals surface area (Å²) in [5.41, 5.74) is 2.40. The smallest absolute Gasteiger partial charge is 0.233 e. The summed E-state index contributed by atoms with van der Waals surface area (Å²) >= 11 is 0. The van der Waals surface area contributed by atoms with Gasteiger partial charge in [-0.15, -0.1) is 0 Å². The van der Waals surface area contributed by atoms with Crippen molar-refractivity contribution in [3.8, 4) is 0 Å². The fraction of sp³-hybridized carbons (Fsp3) is 0.577. The first-order chi connectivity index (χ1) is 17.0. The second kappa shape index (κ2) is 10.3. The summed E-state index contributed by atoms with van der Waals surface area (Å²) < 4.78 is 31.7. The van der Waals surface area contributed by atoms with E-state index in [1.54, 1.807) is 12.3 Å². The van der Waals surface area contributed by atoms with Gasteiger partial charge in [0.15, 0.2) is 15.7 Å². The van der Waals surface area contributed by atoms with Crippen LogP contribution >= 0.6 is 0 Å². The SMILES string of the molecule is O=C(Nc1cnc(CCO)cn1)[C@H](CC1CCOCC1)c1ccc(S(=O)(=O)C2CC2)c(C2CC2)c1. The van der Waals surface area contributed by atoms with E-state index in [0.717, 1.165) is 49.7 Å². The van der Waals surface area contributed by atoms with E-state index in [1.165, 1.54) is 6.20 Å². The second-order valence-electron chi connectivity index (χ2n) is 10.0. The maximum atomic E-state index is 13.5. The lowest BCUT2D eigenvalue weighted by atomic mass is 9.83. The molecule has 2 N–H and O–H groups in total. The number of aliphatic hydroxyl groups excluding tert-OH is 1. The molecule has 2 aliphatic carbocycles. The summed E-state index contributed by atoms with van der Waals surface area (Å²) in [6, 6.07) is 5.55. The Kier molecular flexibility index (Phi) is 7.18. The Hall–Kier alpha value is -2.36.